The lowest BCUT2D eigenvalue weighted by atomic mass is 9.67. The van der Waals surface area contributed by atoms with E-state index < -0.39 is 0 Å². The number of hydrogen-bond donors (Lipinski definition) is 1. The molecule has 0 bridgehead atoms. The fourth-order valence-corrected chi connectivity index (χ4v) is 5.14. The van der Waals surface area contributed by atoms with E-state index in [4.69, 9.17) is 0 Å². The monoisotopic (exact) mass is 377 g/mol. The zero-order valence-electron chi connectivity index (χ0n) is 17.6. The summed E-state index contributed by atoms with van der Waals surface area (Å²) >= 11 is 0. The summed E-state index contributed by atoms with van der Waals surface area (Å²) in [5.41, 5.74) is 11.8. The van der Waals surface area contributed by atoms with Crippen LogP contribution in [0.2, 0.25) is 0 Å². The van der Waals surface area contributed by atoms with Gasteiger partial charge in [-0.2, -0.15) is 0 Å². The Morgan fingerprint density at radius 3 is 1.86 bits per heavy atom. The number of nitrogens with one attached hydrogen (secondary N) is 1. The van der Waals surface area contributed by atoms with Crippen LogP contribution >= 0.6 is 0 Å². The van der Waals surface area contributed by atoms with Gasteiger partial charge in [-0.3, -0.25) is 0 Å². The Hall–Kier alpha value is -3.06. The smallest absolute Gasteiger partial charge is 0.0461 e. The van der Waals surface area contributed by atoms with Gasteiger partial charge in [0.05, 0.1) is 0 Å². The Morgan fingerprint density at radius 1 is 0.724 bits per heavy atom. The first kappa shape index (κ1) is 18.0. The zero-order chi connectivity index (χ0) is 20.2. The van der Waals surface area contributed by atoms with Crippen LogP contribution in [-0.4, -0.2) is 4.98 Å². The Bertz CT molecular complexity index is 1180. The number of rotatable bonds is 2. The highest BCUT2D eigenvalue weighted by molar-refractivity contribution is 5.88. The van der Waals surface area contributed by atoms with Crippen molar-refractivity contribution in [1.29, 1.82) is 0 Å². The second-order valence-electron chi connectivity index (χ2n) is 8.80. The number of H-pyrrole nitrogens is 1. The maximum Gasteiger partial charge on any atom is 0.0461 e. The number of fused-ring (bicyclic) bond motifs is 3. The molecule has 1 N–H and O–H groups in total. The number of benzene rings is 3. The maximum atomic E-state index is 3.62. The number of hydrogen-bond acceptors (Lipinski definition) is 0. The fraction of sp³-hybridized carbons (Fsp3) is 0.214. The molecule has 0 radical (unpaired) electrons. The van der Waals surface area contributed by atoms with Crippen LogP contribution in [0.5, 0.6) is 0 Å². The van der Waals surface area contributed by atoms with Crippen molar-refractivity contribution in [1.82, 2.24) is 4.98 Å². The van der Waals surface area contributed by atoms with Gasteiger partial charge in [0.15, 0.2) is 0 Å². The van der Waals surface area contributed by atoms with Gasteiger partial charge in [-0.1, -0.05) is 82.9 Å². The summed E-state index contributed by atoms with van der Waals surface area (Å²) in [4.78, 5) is 3.62. The predicted octanol–water partition coefficient (Wildman–Crippen LogP) is 6.96. The first-order valence-electron chi connectivity index (χ1n) is 10.4. The van der Waals surface area contributed by atoms with E-state index in [1.54, 1.807) is 0 Å². The lowest BCUT2D eigenvalue weighted by molar-refractivity contribution is 0.633. The number of aromatic nitrogens is 1. The lowest BCUT2D eigenvalue weighted by Crippen LogP contribution is -2.30. The molecule has 1 aliphatic rings. The summed E-state index contributed by atoms with van der Waals surface area (Å²) in [6.07, 6.45) is 5.69. The molecule has 0 atom stereocenters. The molecule has 29 heavy (non-hydrogen) atoms. The first-order valence-corrected chi connectivity index (χ1v) is 10.4. The molecule has 0 fully saturated rings. The van der Waals surface area contributed by atoms with Crippen molar-refractivity contribution in [3.8, 4) is 0 Å². The Morgan fingerprint density at radius 2 is 1.28 bits per heavy atom. The van der Waals surface area contributed by atoms with Crippen LogP contribution in [-0.2, 0) is 11.8 Å². The van der Waals surface area contributed by atoms with Gasteiger partial charge in [0, 0.05) is 22.0 Å². The van der Waals surface area contributed by atoms with Gasteiger partial charge >= 0.3 is 0 Å². The van der Waals surface area contributed by atoms with E-state index in [2.05, 4.69) is 105 Å². The molecule has 0 saturated heterocycles. The molecule has 0 unspecified atom stereocenters. The van der Waals surface area contributed by atoms with Crippen molar-refractivity contribution >= 4 is 17.0 Å². The molecule has 4 aromatic rings. The number of aromatic amines is 1. The summed E-state index contributed by atoms with van der Waals surface area (Å²) in [5.74, 6) is 0. The number of aryl methyl sites for hydroxylation is 4. The Labute approximate surface area is 173 Å². The first-order chi connectivity index (χ1) is 13.9. The van der Waals surface area contributed by atoms with Crippen LogP contribution in [0.3, 0.4) is 0 Å². The molecule has 0 amide bonds. The minimum absolute atomic E-state index is 0.161. The Balaban J connectivity index is 1.80. The van der Waals surface area contributed by atoms with E-state index in [9.17, 15) is 0 Å². The van der Waals surface area contributed by atoms with Crippen molar-refractivity contribution in [2.24, 2.45) is 0 Å². The molecule has 3 aromatic carbocycles. The van der Waals surface area contributed by atoms with Crippen LogP contribution in [0.4, 0.5) is 0 Å². The van der Waals surface area contributed by atoms with Crippen molar-refractivity contribution in [2.45, 2.75) is 39.5 Å². The van der Waals surface area contributed by atoms with E-state index >= 15 is 0 Å². The van der Waals surface area contributed by atoms with E-state index in [1.165, 1.54) is 55.5 Å². The SMILES string of the molecule is Cc1cc(C)cc(C2(c3cc(C)cc(C)c3)C=Cc3[nH]c4ccccc4c3C2)c1. The highest BCUT2D eigenvalue weighted by Crippen LogP contribution is 2.44. The van der Waals surface area contributed by atoms with E-state index in [1.807, 2.05) is 0 Å². The second kappa shape index (κ2) is 6.49. The number of para-hydroxylation sites is 1. The van der Waals surface area contributed by atoms with Crippen molar-refractivity contribution in [3.63, 3.8) is 0 Å². The third-order valence-corrected chi connectivity index (χ3v) is 6.31. The average molecular weight is 378 g/mol. The van der Waals surface area contributed by atoms with Crippen molar-refractivity contribution in [2.75, 3.05) is 0 Å². The molecule has 1 heterocycles. The van der Waals surface area contributed by atoms with E-state index in [0.29, 0.717) is 0 Å². The minimum atomic E-state index is -0.161. The van der Waals surface area contributed by atoms with Gasteiger partial charge in [0.25, 0.3) is 0 Å². The van der Waals surface area contributed by atoms with Gasteiger partial charge < -0.3 is 4.98 Å². The zero-order valence-corrected chi connectivity index (χ0v) is 17.6. The fourth-order valence-electron chi connectivity index (χ4n) is 5.14. The van der Waals surface area contributed by atoms with E-state index in [-0.39, 0.29) is 5.41 Å². The molecule has 0 spiro atoms. The molecule has 144 valence electrons. The van der Waals surface area contributed by atoms with Crippen LogP contribution in [0.15, 0.2) is 66.7 Å². The second-order valence-corrected chi connectivity index (χ2v) is 8.80. The van der Waals surface area contributed by atoms with Crippen molar-refractivity contribution in [3.05, 3.63) is 111 Å². The summed E-state index contributed by atoms with van der Waals surface area (Å²) in [7, 11) is 0. The van der Waals surface area contributed by atoms with Crippen LogP contribution in [0.1, 0.15) is 44.6 Å². The minimum Gasteiger partial charge on any atom is -0.355 e. The average Bonchev–Trinajstić information content (AvgIpc) is 3.04. The van der Waals surface area contributed by atoms with Crippen molar-refractivity contribution < 1.29 is 0 Å². The molecule has 1 nitrogen and oxygen atoms in total. The summed E-state index contributed by atoms with van der Waals surface area (Å²) in [6, 6.07) is 22.7. The highest BCUT2D eigenvalue weighted by Gasteiger charge is 2.36. The molecule has 5 rings (SSSR count). The van der Waals surface area contributed by atoms with Gasteiger partial charge in [-0.05, 0) is 62.9 Å². The van der Waals surface area contributed by atoms with E-state index in [0.717, 1.165) is 6.42 Å². The number of allylic oxidation sites excluding steroid dienone is 1. The third kappa shape index (κ3) is 2.93. The molecule has 0 saturated carbocycles. The molecule has 1 heteroatoms. The van der Waals surface area contributed by atoms with Gasteiger partial charge in [0.2, 0.25) is 0 Å². The topological polar surface area (TPSA) is 15.8 Å². The molecular formula is C28H27N. The van der Waals surface area contributed by atoms with Crippen LogP contribution in [0, 0.1) is 27.7 Å². The van der Waals surface area contributed by atoms with Gasteiger partial charge in [-0.15, -0.1) is 0 Å². The summed E-state index contributed by atoms with van der Waals surface area (Å²) in [6.45, 7) is 8.81. The largest absolute Gasteiger partial charge is 0.355 e. The standard InChI is InChI=1S/C28H27N/c1-18-11-19(2)14-22(13-18)28(23-15-20(3)12-21(4)16-23)10-9-27-25(17-28)24-7-5-6-8-26(24)29-27/h5-16,29H,17H2,1-4H3. The van der Waals surface area contributed by atoms with Crippen LogP contribution < -0.4 is 0 Å². The third-order valence-electron chi connectivity index (χ3n) is 6.31. The summed E-state index contributed by atoms with van der Waals surface area (Å²) in [5, 5.41) is 1.34. The lowest BCUT2D eigenvalue weighted by Gasteiger charge is -2.36. The summed E-state index contributed by atoms with van der Waals surface area (Å²) < 4.78 is 0. The van der Waals surface area contributed by atoms with Gasteiger partial charge in [-0.25, -0.2) is 0 Å². The molecule has 1 aromatic heterocycles. The highest BCUT2D eigenvalue weighted by atomic mass is 14.7. The molecular weight excluding hydrogens is 350 g/mol. The Kier molecular flexibility index (Phi) is 4.03. The quantitative estimate of drug-likeness (QED) is 0.389. The normalized spacial score (nSPS) is 14.9. The maximum absolute atomic E-state index is 3.62. The molecule has 0 aliphatic heterocycles. The predicted molar refractivity (Wildman–Crippen MR) is 124 cm³/mol. The van der Waals surface area contributed by atoms with Crippen LogP contribution in [0.25, 0.3) is 17.0 Å². The van der Waals surface area contributed by atoms with Gasteiger partial charge in [0.1, 0.15) is 0 Å². The molecule has 1 aliphatic carbocycles.